The standard InChI is InChI=1S/C17H18BrNO2/c1-20-16-9-14(18)12-8-15(11-6-4-3-5-7-11)19-10-13(12)17(16)21-2/h3-7,9,15,19H,8,10H2,1-2H3. The van der Waals surface area contributed by atoms with Gasteiger partial charge in [0.2, 0.25) is 0 Å². The summed E-state index contributed by atoms with van der Waals surface area (Å²) >= 11 is 3.67. The average Bonchev–Trinajstić information content (AvgIpc) is 2.55. The van der Waals surface area contributed by atoms with Crippen molar-refractivity contribution in [2.24, 2.45) is 0 Å². The van der Waals surface area contributed by atoms with Gasteiger partial charge < -0.3 is 14.8 Å². The second-order valence-electron chi connectivity index (χ2n) is 5.10. The number of hydrogen-bond acceptors (Lipinski definition) is 3. The van der Waals surface area contributed by atoms with Gasteiger partial charge in [-0.3, -0.25) is 0 Å². The summed E-state index contributed by atoms with van der Waals surface area (Å²) in [5.41, 5.74) is 3.78. The molecule has 0 radical (unpaired) electrons. The number of fused-ring (bicyclic) bond motifs is 1. The summed E-state index contributed by atoms with van der Waals surface area (Å²) in [4.78, 5) is 0. The molecule has 1 N–H and O–H groups in total. The van der Waals surface area contributed by atoms with Gasteiger partial charge in [-0.2, -0.15) is 0 Å². The Morgan fingerprint density at radius 2 is 1.86 bits per heavy atom. The van der Waals surface area contributed by atoms with E-state index in [1.165, 1.54) is 16.7 Å². The Hall–Kier alpha value is -1.52. The Bertz CT molecular complexity index is 643. The van der Waals surface area contributed by atoms with Crippen LogP contribution in [0, 0.1) is 0 Å². The predicted molar refractivity (Wildman–Crippen MR) is 87.0 cm³/mol. The van der Waals surface area contributed by atoms with E-state index in [1.807, 2.05) is 12.1 Å². The number of rotatable bonds is 3. The van der Waals surface area contributed by atoms with Crippen LogP contribution in [0.15, 0.2) is 40.9 Å². The minimum absolute atomic E-state index is 0.327. The third-order valence-electron chi connectivity index (χ3n) is 3.97. The van der Waals surface area contributed by atoms with E-state index in [0.717, 1.165) is 28.9 Å². The molecule has 0 saturated carbocycles. The van der Waals surface area contributed by atoms with Crippen molar-refractivity contribution in [3.8, 4) is 11.5 Å². The molecule has 2 aromatic rings. The van der Waals surface area contributed by atoms with Crippen molar-refractivity contribution in [1.29, 1.82) is 0 Å². The summed E-state index contributed by atoms with van der Waals surface area (Å²) in [5.74, 6) is 1.60. The third-order valence-corrected chi connectivity index (χ3v) is 4.68. The molecule has 4 heteroatoms. The second kappa shape index (κ2) is 6.08. The molecule has 0 aliphatic carbocycles. The van der Waals surface area contributed by atoms with Crippen molar-refractivity contribution in [3.63, 3.8) is 0 Å². The monoisotopic (exact) mass is 347 g/mol. The molecule has 0 fully saturated rings. The fourth-order valence-electron chi connectivity index (χ4n) is 2.90. The van der Waals surface area contributed by atoms with Crippen molar-refractivity contribution in [2.45, 2.75) is 19.0 Å². The Balaban J connectivity index is 2.00. The first-order chi connectivity index (χ1) is 10.2. The van der Waals surface area contributed by atoms with Crippen molar-refractivity contribution < 1.29 is 9.47 Å². The molecule has 0 saturated heterocycles. The first-order valence-corrected chi connectivity index (χ1v) is 7.74. The Morgan fingerprint density at radius 1 is 1.10 bits per heavy atom. The zero-order chi connectivity index (χ0) is 14.8. The molecule has 3 nitrogen and oxygen atoms in total. The van der Waals surface area contributed by atoms with E-state index < -0.39 is 0 Å². The maximum absolute atomic E-state index is 5.54. The van der Waals surface area contributed by atoms with E-state index in [0.29, 0.717) is 6.04 Å². The van der Waals surface area contributed by atoms with Crippen LogP contribution in [0.5, 0.6) is 11.5 Å². The normalized spacial score (nSPS) is 17.2. The van der Waals surface area contributed by atoms with Crippen LogP contribution in [0.2, 0.25) is 0 Å². The van der Waals surface area contributed by atoms with E-state index >= 15 is 0 Å². The van der Waals surface area contributed by atoms with Crippen molar-refractivity contribution in [1.82, 2.24) is 5.32 Å². The lowest BCUT2D eigenvalue weighted by Gasteiger charge is -2.29. The molecule has 1 aliphatic heterocycles. The highest BCUT2D eigenvalue weighted by atomic mass is 79.9. The van der Waals surface area contributed by atoms with Crippen LogP contribution in [0.25, 0.3) is 0 Å². The lowest BCUT2D eigenvalue weighted by Crippen LogP contribution is -2.29. The van der Waals surface area contributed by atoms with E-state index in [9.17, 15) is 0 Å². The average molecular weight is 348 g/mol. The number of hydrogen-bond donors (Lipinski definition) is 1. The highest BCUT2D eigenvalue weighted by molar-refractivity contribution is 9.10. The highest BCUT2D eigenvalue weighted by Crippen LogP contribution is 2.42. The number of benzene rings is 2. The highest BCUT2D eigenvalue weighted by Gasteiger charge is 2.26. The zero-order valence-electron chi connectivity index (χ0n) is 12.2. The van der Waals surface area contributed by atoms with Crippen LogP contribution in [0.3, 0.4) is 0 Å². The smallest absolute Gasteiger partial charge is 0.165 e. The van der Waals surface area contributed by atoms with Crippen LogP contribution < -0.4 is 14.8 Å². The van der Waals surface area contributed by atoms with Gasteiger partial charge in [0, 0.05) is 22.6 Å². The lowest BCUT2D eigenvalue weighted by atomic mass is 9.91. The molecule has 1 atom stereocenters. The molecule has 3 rings (SSSR count). The first-order valence-electron chi connectivity index (χ1n) is 6.95. The fourth-order valence-corrected chi connectivity index (χ4v) is 3.51. The quantitative estimate of drug-likeness (QED) is 0.914. The largest absolute Gasteiger partial charge is 0.493 e. The fraction of sp³-hybridized carbons (Fsp3) is 0.294. The molecule has 0 spiro atoms. The molecule has 0 amide bonds. The number of methoxy groups -OCH3 is 2. The molecule has 110 valence electrons. The zero-order valence-corrected chi connectivity index (χ0v) is 13.7. The Kier molecular flexibility index (Phi) is 4.17. The van der Waals surface area contributed by atoms with Crippen LogP contribution in [0.1, 0.15) is 22.7 Å². The minimum atomic E-state index is 0.327. The van der Waals surface area contributed by atoms with Gasteiger partial charge in [0.05, 0.1) is 14.2 Å². The summed E-state index contributed by atoms with van der Waals surface area (Å²) in [7, 11) is 3.36. The first kappa shape index (κ1) is 14.4. The van der Waals surface area contributed by atoms with Crippen LogP contribution >= 0.6 is 15.9 Å². The molecule has 1 aliphatic rings. The van der Waals surface area contributed by atoms with E-state index in [4.69, 9.17) is 9.47 Å². The molecule has 0 bridgehead atoms. The topological polar surface area (TPSA) is 30.5 Å². The molecule has 1 heterocycles. The van der Waals surface area contributed by atoms with Crippen molar-refractivity contribution >= 4 is 15.9 Å². The SMILES string of the molecule is COc1cc(Br)c2c(c1OC)CNC(c1ccccc1)C2. The van der Waals surface area contributed by atoms with Gasteiger partial charge in [0.25, 0.3) is 0 Å². The minimum Gasteiger partial charge on any atom is -0.493 e. The van der Waals surface area contributed by atoms with Gasteiger partial charge in [0.15, 0.2) is 11.5 Å². The number of nitrogens with one attached hydrogen (secondary N) is 1. The third kappa shape index (κ3) is 2.65. The van der Waals surface area contributed by atoms with Crippen molar-refractivity contribution in [2.75, 3.05) is 14.2 Å². The van der Waals surface area contributed by atoms with Crippen LogP contribution in [0.4, 0.5) is 0 Å². The number of ether oxygens (including phenoxy) is 2. The lowest BCUT2D eigenvalue weighted by molar-refractivity contribution is 0.345. The summed E-state index contributed by atoms with van der Waals surface area (Å²) < 4.78 is 12.0. The summed E-state index contributed by atoms with van der Waals surface area (Å²) in [6, 6.07) is 12.9. The summed E-state index contributed by atoms with van der Waals surface area (Å²) in [5, 5.41) is 3.59. The van der Waals surface area contributed by atoms with Crippen LogP contribution in [-0.4, -0.2) is 14.2 Å². The maximum atomic E-state index is 5.54. The second-order valence-corrected chi connectivity index (χ2v) is 5.95. The molecule has 0 aromatic heterocycles. The van der Waals surface area contributed by atoms with E-state index in [2.05, 4.69) is 45.5 Å². The Morgan fingerprint density at radius 3 is 2.52 bits per heavy atom. The van der Waals surface area contributed by atoms with Gasteiger partial charge >= 0.3 is 0 Å². The van der Waals surface area contributed by atoms with Gasteiger partial charge in [-0.15, -0.1) is 0 Å². The molecule has 21 heavy (non-hydrogen) atoms. The van der Waals surface area contributed by atoms with Crippen molar-refractivity contribution in [3.05, 3.63) is 57.6 Å². The predicted octanol–water partition coefficient (Wildman–Crippen LogP) is 3.85. The molecule has 2 aromatic carbocycles. The van der Waals surface area contributed by atoms with Crippen LogP contribution in [-0.2, 0) is 13.0 Å². The summed E-state index contributed by atoms with van der Waals surface area (Å²) in [6.45, 7) is 0.772. The van der Waals surface area contributed by atoms with E-state index in [1.54, 1.807) is 14.2 Å². The van der Waals surface area contributed by atoms with Gasteiger partial charge in [0.1, 0.15) is 0 Å². The van der Waals surface area contributed by atoms with Gasteiger partial charge in [-0.25, -0.2) is 0 Å². The summed E-state index contributed by atoms with van der Waals surface area (Å²) in [6.07, 6.45) is 0.931. The van der Waals surface area contributed by atoms with E-state index in [-0.39, 0.29) is 0 Å². The number of halogens is 1. The van der Waals surface area contributed by atoms with Gasteiger partial charge in [-0.05, 0) is 23.6 Å². The Labute approximate surface area is 133 Å². The molecular formula is C17H18BrNO2. The molecule has 1 unspecified atom stereocenters. The van der Waals surface area contributed by atoms with Gasteiger partial charge in [-0.1, -0.05) is 46.3 Å². The maximum Gasteiger partial charge on any atom is 0.165 e. The molecular weight excluding hydrogens is 330 g/mol.